The van der Waals surface area contributed by atoms with Gasteiger partial charge in [0.25, 0.3) is 5.91 Å². The summed E-state index contributed by atoms with van der Waals surface area (Å²) in [7, 11) is 3.97. The Morgan fingerprint density at radius 2 is 1.90 bits per heavy atom. The molecular formula is C16H18BrN3O. The van der Waals surface area contributed by atoms with Crippen molar-refractivity contribution in [2.75, 3.05) is 30.0 Å². The van der Waals surface area contributed by atoms with Crippen LogP contribution < -0.4 is 16.0 Å². The Balaban J connectivity index is 2.21. The number of hydrogen-bond donors (Lipinski definition) is 2. The van der Waals surface area contributed by atoms with Gasteiger partial charge in [0.2, 0.25) is 0 Å². The number of aryl methyl sites for hydroxylation is 1. The van der Waals surface area contributed by atoms with Gasteiger partial charge in [0.1, 0.15) is 0 Å². The zero-order valence-corrected chi connectivity index (χ0v) is 13.9. The molecule has 110 valence electrons. The maximum atomic E-state index is 12.3. The molecule has 0 saturated carbocycles. The Labute approximate surface area is 133 Å². The van der Waals surface area contributed by atoms with Crippen LogP contribution in [0.3, 0.4) is 0 Å². The molecule has 0 atom stereocenters. The highest BCUT2D eigenvalue weighted by molar-refractivity contribution is 9.10. The lowest BCUT2D eigenvalue weighted by molar-refractivity contribution is 0.102. The monoisotopic (exact) mass is 347 g/mol. The van der Waals surface area contributed by atoms with Crippen LogP contribution in [0.2, 0.25) is 0 Å². The van der Waals surface area contributed by atoms with Crippen LogP contribution in [0.4, 0.5) is 17.1 Å². The van der Waals surface area contributed by atoms with E-state index < -0.39 is 0 Å². The van der Waals surface area contributed by atoms with Crippen molar-refractivity contribution in [3.8, 4) is 0 Å². The number of benzene rings is 2. The zero-order valence-electron chi connectivity index (χ0n) is 12.3. The molecular weight excluding hydrogens is 330 g/mol. The molecule has 21 heavy (non-hydrogen) atoms. The van der Waals surface area contributed by atoms with E-state index >= 15 is 0 Å². The fraction of sp³-hybridized carbons (Fsp3) is 0.188. The topological polar surface area (TPSA) is 58.4 Å². The van der Waals surface area contributed by atoms with Crippen molar-refractivity contribution in [1.82, 2.24) is 0 Å². The minimum Gasteiger partial charge on any atom is -0.398 e. The average Bonchev–Trinajstić information content (AvgIpc) is 2.43. The molecule has 0 bridgehead atoms. The lowest BCUT2D eigenvalue weighted by atomic mass is 10.1. The molecule has 0 spiro atoms. The first-order valence-electron chi connectivity index (χ1n) is 6.53. The SMILES string of the molecule is Cc1cc(N(C)C)ccc1NC(=O)c1ccc(Br)c(N)c1. The molecule has 0 unspecified atom stereocenters. The second-order valence-electron chi connectivity index (χ2n) is 5.08. The maximum absolute atomic E-state index is 12.3. The smallest absolute Gasteiger partial charge is 0.255 e. The normalized spacial score (nSPS) is 10.3. The fourth-order valence-corrected chi connectivity index (χ4v) is 2.19. The standard InChI is InChI=1S/C16H18BrN3O/c1-10-8-12(20(2)3)5-7-15(10)19-16(21)11-4-6-13(17)14(18)9-11/h4-9H,18H2,1-3H3,(H,19,21). The summed E-state index contributed by atoms with van der Waals surface area (Å²) in [5.41, 5.74) is 9.79. The van der Waals surface area contributed by atoms with Gasteiger partial charge in [-0.25, -0.2) is 0 Å². The molecule has 1 amide bonds. The highest BCUT2D eigenvalue weighted by atomic mass is 79.9. The number of carbonyl (C=O) groups is 1. The first-order valence-corrected chi connectivity index (χ1v) is 7.32. The third kappa shape index (κ3) is 3.55. The second-order valence-corrected chi connectivity index (χ2v) is 5.94. The van der Waals surface area contributed by atoms with Crippen molar-refractivity contribution < 1.29 is 4.79 Å². The van der Waals surface area contributed by atoms with Gasteiger partial charge >= 0.3 is 0 Å². The fourth-order valence-electron chi connectivity index (χ4n) is 1.95. The van der Waals surface area contributed by atoms with Crippen LogP contribution in [-0.2, 0) is 0 Å². The first-order chi connectivity index (χ1) is 9.88. The van der Waals surface area contributed by atoms with Gasteiger partial charge in [-0.2, -0.15) is 0 Å². The Bertz CT molecular complexity index is 683. The van der Waals surface area contributed by atoms with Crippen LogP contribution in [0, 0.1) is 6.92 Å². The predicted octanol–water partition coefficient (Wildman–Crippen LogP) is 3.66. The molecule has 0 saturated heterocycles. The van der Waals surface area contributed by atoms with Gasteiger partial charge in [-0.05, 0) is 64.8 Å². The Hall–Kier alpha value is -2.01. The molecule has 5 heteroatoms. The summed E-state index contributed by atoms with van der Waals surface area (Å²) in [6, 6.07) is 11.1. The molecule has 0 heterocycles. The second kappa shape index (κ2) is 6.18. The van der Waals surface area contributed by atoms with E-state index in [9.17, 15) is 4.79 Å². The lowest BCUT2D eigenvalue weighted by Crippen LogP contribution is -2.14. The lowest BCUT2D eigenvalue weighted by Gasteiger charge is -2.15. The van der Waals surface area contributed by atoms with E-state index in [0.717, 1.165) is 21.4 Å². The van der Waals surface area contributed by atoms with E-state index in [4.69, 9.17) is 5.73 Å². The van der Waals surface area contributed by atoms with Gasteiger partial charge in [-0.1, -0.05) is 0 Å². The third-order valence-corrected chi connectivity index (χ3v) is 3.95. The minimum atomic E-state index is -0.171. The van der Waals surface area contributed by atoms with Crippen molar-refractivity contribution in [3.63, 3.8) is 0 Å². The first kappa shape index (κ1) is 15.4. The van der Waals surface area contributed by atoms with Gasteiger partial charge < -0.3 is 16.0 Å². The molecule has 0 aliphatic rings. The highest BCUT2D eigenvalue weighted by Gasteiger charge is 2.10. The van der Waals surface area contributed by atoms with Crippen LogP contribution in [0.5, 0.6) is 0 Å². The van der Waals surface area contributed by atoms with Crippen LogP contribution in [0.25, 0.3) is 0 Å². The summed E-state index contributed by atoms with van der Waals surface area (Å²) < 4.78 is 0.783. The van der Waals surface area contributed by atoms with Gasteiger partial charge in [0, 0.05) is 41.2 Å². The number of nitrogens with one attached hydrogen (secondary N) is 1. The van der Waals surface area contributed by atoms with E-state index in [2.05, 4.69) is 21.2 Å². The minimum absolute atomic E-state index is 0.171. The summed E-state index contributed by atoms with van der Waals surface area (Å²) in [6.07, 6.45) is 0. The van der Waals surface area contributed by atoms with E-state index in [-0.39, 0.29) is 5.91 Å². The van der Waals surface area contributed by atoms with Gasteiger partial charge in [-0.3, -0.25) is 4.79 Å². The Morgan fingerprint density at radius 1 is 1.19 bits per heavy atom. The molecule has 0 aliphatic heterocycles. The summed E-state index contributed by atoms with van der Waals surface area (Å²) in [6.45, 7) is 1.97. The van der Waals surface area contributed by atoms with E-state index in [1.165, 1.54) is 0 Å². The number of nitrogens with zero attached hydrogens (tertiary/aromatic N) is 1. The zero-order chi connectivity index (χ0) is 15.6. The molecule has 2 aromatic carbocycles. The van der Waals surface area contributed by atoms with Crippen LogP contribution in [0.1, 0.15) is 15.9 Å². The van der Waals surface area contributed by atoms with Crippen LogP contribution >= 0.6 is 15.9 Å². The van der Waals surface area contributed by atoms with E-state index in [1.54, 1.807) is 18.2 Å². The predicted molar refractivity (Wildman–Crippen MR) is 92.0 cm³/mol. The number of rotatable bonds is 3. The van der Waals surface area contributed by atoms with Gasteiger partial charge in [-0.15, -0.1) is 0 Å². The van der Waals surface area contributed by atoms with Crippen molar-refractivity contribution >= 4 is 38.9 Å². The summed E-state index contributed by atoms with van der Waals surface area (Å²) in [5, 5.41) is 2.91. The van der Waals surface area contributed by atoms with Crippen molar-refractivity contribution in [3.05, 3.63) is 52.0 Å². The largest absolute Gasteiger partial charge is 0.398 e. The number of anilines is 3. The summed E-state index contributed by atoms with van der Waals surface area (Å²) in [4.78, 5) is 14.3. The van der Waals surface area contributed by atoms with E-state index in [0.29, 0.717) is 11.3 Å². The Kier molecular flexibility index (Phi) is 4.53. The number of halogens is 1. The molecule has 0 radical (unpaired) electrons. The molecule has 0 aliphatic carbocycles. The molecule has 0 aromatic heterocycles. The highest BCUT2D eigenvalue weighted by Crippen LogP contribution is 2.23. The number of carbonyl (C=O) groups excluding carboxylic acids is 1. The quantitative estimate of drug-likeness (QED) is 0.833. The van der Waals surface area contributed by atoms with Crippen molar-refractivity contribution in [2.45, 2.75) is 6.92 Å². The molecule has 4 nitrogen and oxygen atoms in total. The number of amides is 1. The summed E-state index contributed by atoms with van der Waals surface area (Å²) >= 11 is 3.32. The number of nitrogens with two attached hydrogens (primary N) is 1. The average molecular weight is 348 g/mol. The molecule has 2 rings (SSSR count). The molecule has 0 fully saturated rings. The van der Waals surface area contributed by atoms with E-state index in [1.807, 2.05) is 44.1 Å². The van der Waals surface area contributed by atoms with Crippen LogP contribution in [-0.4, -0.2) is 20.0 Å². The van der Waals surface area contributed by atoms with Crippen molar-refractivity contribution in [1.29, 1.82) is 0 Å². The van der Waals surface area contributed by atoms with Crippen LogP contribution in [0.15, 0.2) is 40.9 Å². The van der Waals surface area contributed by atoms with Crippen molar-refractivity contribution in [2.24, 2.45) is 0 Å². The summed E-state index contributed by atoms with van der Waals surface area (Å²) in [5.74, 6) is -0.171. The maximum Gasteiger partial charge on any atom is 0.255 e. The van der Waals surface area contributed by atoms with Gasteiger partial charge in [0.05, 0.1) is 0 Å². The molecule has 2 aromatic rings. The molecule has 3 N–H and O–H groups in total. The third-order valence-electron chi connectivity index (χ3n) is 3.23. The number of nitrogen functional groups attached to an aromatic ring is 1. The number of hydrogen-bond acceptors (Lipinski definition) is 3. The van der Waals surface area contributed by atoms with Gasteiger partial charge in [0.15, 0.2) is 0 Å². The Morgan fingerprint density at radius 3 is 2.48 bits per heavy atom.